The fraction of sp³-hybridized carbons (Fsp3) is 0.263. The summed E-state index contributed by atoms with van der Waals surface area (Å²) in [6.45, 7) is 1.36. The van der Waals surface area contributed by atoms with E-state index in [1.165, 1.54) is 6.20 Å². The number of fused-ring (bicyclic) bond motifs is 1. The highest BCUT2D eigenvalue weighted by Gasteiger charge is 2.27. The zero-order valence-electron chi connectivity index (χ0n) is 14.6. The predicted molar refractivity (Wildman–Crippen MR) is 95.2 cm³/mol. The molecule has 2 N–H and O–H groups in total. The van der Waals surface area contributed by atoms with Crippen LogP contribution in [0.4, 0.5) is 0 Å². The lowest BCUT2D eigenvalue weighted by Gasteiger charge is -2.17. The Morgan fingerprint density at radius 3 is 2.67 bits per heavy atom. The summed E-state index contributed by atoms with van der Waals surface area (Å²) in [6, 6.07) is 6.15. The monoisotopic (exact) mass is 370 g/mol. The van der Waals surface area contributed by atoms with E-state index >= 15 is 0 Å². The van der Waals surface area contributed by atoms with Crippen LogP contribution in [0.1, 0.15) is 36.3 Å². The molecule has 0 aliphatic heterocycles. The fourth-order valence-corrected chi connectivity index (χ4v) is 2.81. The number of esters is 1. The number of aromatic nitrogens is 2. The summed E-state index contributed by atoms with van der Waals surface area (Å²) in [7, 11) is 0. The third kappa shape index (κ3) is 3.95. The van der Waals surface area contributed by atoms with Crippen LogP contribution in [0, 0.1) is 0 Å². The molecule has 0 saturated heterocycles. The molecule has 140 valence electrons. The molecule has 2 aromatic heterocycles. The summed E-state index contributed by atoms with van der Waals surface area (Å²) in [5.74, 6) is -2.04. The zero-order chi connectivity index (χ0) is 19.4. The van der Waals surface area contributed by atoms with E-state index < -0.39 is 29.7 Å². The number of ether oxygens (including phenoxy) is 1. The molecule has 1 atom stereocenters. The van der Waals surface area contributed by atoms with Gasteiger partial charge in [-0.15, -0.1) is 0 Å². The lowest BCUT2D eigenvalue weighted by molar-refractivity contribution is -0.143. The molecule has 0 fully saturated rings. The van der Waals surface area contributed by atoms with Crippen molar-refractivity contribution in [1.82, 2.24) is 9.97 Å². The van der Waals surface area contributed by atoms with Gasteiger partial charge in [-0.3, -0.25) is 19.6 Å². The molecule has 0 bridgehead atoms. The lowest BCUT2D eigenvalue weighted by Crippen LogP contribution is -2.15. The summed E-state index contributed by atoms with van der Waals surface area (Å²) in [4.78, 5) is 32.6. The molecule has 0 amide bonds. The Kier molecular flexibility index (Phi) is 5.46. The maximum absolute atomic E-state index is 12.1. The number of rotatable bonds is 6. The van der Waals surface area contributed by atoms with Gasteiger partial charge in [-0.1, -0.05) is 6.07 Å². The predicted octanol–water partition coefficient (Wildman–Crippen LogP) is 1.87. The fourth-order valence-electron chi connectivity index (χ4n) is 2.81. The SMILES string of the molecule is CCOC(=O)CC(c1ccc2nccnc2c1)c1oc(CO)cc(=O)c1O. The van der Waals surface area contributed by atoms with Gasteiger partial charge in [0, 0.05) is 18.5 Å². The van der Waals surface area contributed by atoms with Crippen molar-refractivity contribution in [3.8, 4) is 5.75 Å². The Hall–Kier alpha value is -3.26. The first-order valence-electron chi connectivity index (χ1n) is 8.36. The standard InChI is InChI=1S/C19H18N2O6/c1-2-26-17(24)9-13(19-18(25)16(23)8-12(10-22)27-19)11-3-4-14-15(7-11)21-6-5-20-14/h3-8,13,22,25H,2,9-10H2,1H3. The van der Waals surface area contributed by atoms with E-state index in [0.717, 1.165) is 6.07 Å². The molecule has 0 aliphatic rings. The van der Waals surface area contributed by atoms with Crippen molar-refractivity contribution in [3.05, 3.63) is 64.0 Å². The van der Waals surface area contributed by atoms with Gasteiger partial charge in [0.2, 0.25) is 11.2 Å². The molecule has 3 rings (SSSR count). The van der Waals surface area contributed by atoms with Gasteiger partial charge in [0.25, 0.3) is 0 Å². The minimum Gasteiger partial charge on any atom is -0.502 e. The first-order chi connectivity index (χ1) is 13.0. The van der Waals surface area contributed by atoms with E-state index in [4.69, 9.17) is 9.15 Å². The first-order valence-corrected chi connectivity index (χ1v) is 8.36. The van der Waals surface area contributed by atoms with Crippen LogP contribution < -0.4 is 5.43 Å². The topological polar surface area (TPSA) is 123 Å². The van der Waals surface area contributed by atoms with E-state index in [1.54, 1.807) is 31.3 Å². The second kappa shape index (κ2) is 7.96. The molecule has 1 aromatic carbocycles. The molecular weight excluding hydrogens is 352 g/mol. The van der Waals surface area contributed by atoms with E-state index in [1.807, 2.05) is 0 Å². The first kappa shape index (κ1) is 18.5. The minimum absolute atomic E-state index is 0.0118. The van der Waals surface area contributed by atoms with Crippen LogP contribution >= 0.6 is 0 Å². The quantitative estimate of drug-likeness (QED) is 0.631. The highest BCUT2D eigenvalue weighted by molar-refractivity contribution is 5.76. The number of hydrogen-bond acceptors (Lipinski definition) is 8. The summed E-state index contributed by atoms with van der Waals surface area (Å²) in [6.07, 6.45) is 2.94. The molecule has 3 aromatic rings. The number of aliphatic hydroxyl groups is 1. The Morgan fingerprint density at radius 1 is 1.22 bits per heavy atom. The van der Waals surface area contributed by atoms with Gasteiger partial charge in [0.05, 0.1) is 30.0 Å². The summed E-state index contributed by atoms with van der Waals surface area (Å²) < 4.78 is 10.5. The maximum Gasteiger partial charge on any atom is 0.306 e. The van der Waals surface area contributed by atoms with Crippen LogP contribution in [0.25, 0.3) is 11.0 Å². The lowest BCUT2D eigenvalue weighted by atomic mass is 9.91. The largest absolute Gasteiger partial charge is 0.502 e. The Balaban J connectivity index is 2.14. The van der Waals surface area contributed by atoms with Crippen LogP contribution in [-0.4, -0.2) is 32.8 Å². The van der Waals surface area contributed by atoms with Gasteiger partial charge in [-0.2, -0.15) is 0 Å². The Morgan fingerprint density at radius 2 is 1.96 bits per heavy atom. The van der Waals surface area contributed by atoms with Crippen LogP contribution in [0.15, 0.2) is 45.9 Å². The Bertz CT molecular complexity index is 1030. The Labute approximate surface area is 154 Å². The number of aliphatic hydroxyl groups excluding tert-OH is 1. The van der Waals surface area contributed by atoms with Crippen molar-refractivity contribution < 1.29 is 24.2 Å². The van der Waals surface area contributed by atoms with Crippen LogP contribution in [0.5, 0.6) is 5.75 Å². The smallest absolute Gasteiger partial charge is 0.306 e. The molecule has 0 radical (unpaired) electrons. The second-order valence-electron chi connectivity index (χ2n) is 5.81. The number of benzene rings is 1. The number of aromatic hydroxyl groups is 1. The van der Waals surface area contributed by atoms with Gasteiger partial charge >= 0.3 is 5.97 Å². The molecule has 8 heteroatoms. The van der Waals surface area contributed by atoms with Gasteiger partial charge in [0.15, 0.2) is 5.76 Å². The van der Waals surface area contributed by atoms with Crippen molar-refractivity contribution in [2.75, 3.05) is 6.61 Å². The maximum atomic E-state index is 12.1. The number of carbonyl (C=O) groups excluding carboxylic acids is 1. The molecular formula is C19H18N2O6. The number of nitrogens with zero attached hydrogens (tertiary/aromatic N) is 2. The van der Waals surface area contributed by atoms with Crippen LogP contribution in [0.2, 0.25) is 0 Å². The van der Waals surface area contributed by atoms with Crippen molar-refractivity contribution >= 4 is 17.0 Å². The van der Waals surface area contributed by atoms with Crippen LogP contribution in [0.3, 0.4) is 0 Å². The van der Waals surface area contributed by atoms with Crippen molar-refractivity contribution in [2.45, 2.75) is 25.9 Å². The van der Waals surface area contributed by atoms with Gasteiger partial charge in [-0.05, 0) is 24.6 Å². The molecule has 2 heterocycles. The summed E-state index contributed by atoms with van der Waals surface area (Å²) in [5, 5.41) is 19.6. The molecule has 1 unspecified atom stereocenters. The van der Waals surface area contributed by atoms with Crippen molar-refractivity contribution in [1.29, 1.82) is 0 Å². The van der Waals surface area contributed by atoms with Gasteiger partial charge in [-0.25, -0.2) is 0 Å². The van der Waals surface area contributed by atoms with Gasteiger partial charge < -0.3 is 19.4 Å². The summed E-state index contributed by atoms with van der Waals surface area (Å²) in [5.41, 5.74) is 1.13. The van der Waals surface area contributed by atoms with Gasteiger partial charge in [0.1, 0.15) is 12.4 Å². The van der Waals surface area contributed by atoms with Crippen molar-refractivity contribution in [3.63, 3.8) is 0 Å². The molecule has 0 saturated carbocycles. The average molecular weight is 370 g/mol. The third-order valence-electron chi connectivity index (χ3n) is 4.04. The highest BCUT2D eigenvalue weighted by atomic mass is 16.5. The van der Waals surface area contributed by atoms with E-state index in [-0.39, 0.29) is 24.5 Å². The minimum atomic E-state index is -0.797. The average Bonchev–Trinajstić information content (AvgIpc) is 2.68. The van der Waals surface area contributed by atoms with E-state index in [0.29, 0.717) is 16.6 Å². The second-order valence-corrected chi connectivity index (χ2v) is 5.81. The molecule has 0 spiro atoms. The number of carbonyl (C=O) groups is 1. The zero-order valence-corrected chi connectivity index (χ0v) is 14.6. The van der Waals surface area contributed by atoms with Crippen molar-refractivity contribution in [2.24, 2.45) is 0 Å². The third-order valence-corrected chi connectivity index (χ3v) is 4.04. The highest BCUT2D eigenvalue weighted by Crippen LogP contribution is 2.34. The van der Waals surface area contributed by atoms with E-state index in [2.05, 4.69) is 9.97 Å². The summed E-state index contributed by atoms with van der Waals surface area (Å²) >= 11 is 0. The van der Waals surface area contributed by atoms with Crippen LogP contribution in [-0.2, 0) is 16.1 Å². The molecule has 0 aliphatic carbocycles. The molecule has 8 nitrogen and oxygen atoms in total. The normalized spacial score (nSPS) is 12.1. The molecule has 27 heavy (non-hydrogen) atoms. The van der Waals surface area contributed by atoms with E-state index in [9.17, 15) is 19.8 Å². The number of hydrogen-bond donors (Lipinski definition) is 2.